The Balaban J connectivity index is 1.12. The van der Waals surface area contributed by atoms with Crippen LogP contribution in [0, 0.1) is 27.1 Å². The quantitative estimate of drug-likeness (QED) is 0.107. The van der Waals surface area contributed by atoms with E-state index in [0.717, 1.165) is 94.9 Å². The number of fused-ring (bicyclic) bond motifs is 3. The Morgan fingerprint density at radius 2 is 1.04 bits per heavy atom. The molecule has 80 heavy (non-hydrogen) atoms. The average Bonchev–Trinajstić information content (AvgIpc) is 4.00. The van der Waals surface area contributed by atoms with Crippen LogP contribution in [0.5, 0.6) is 11.5 Å². The van der Waals surface area contributed by atoms with Crippen molar-refractivity contribution < 1.29 is 9.30 Å². The minimum atomic E-state index is -0.114. The van der Waals surface area contributed by atoms with Gasteiger partial charge in [0.1, 0.15) is 17.3 Å². The van der Waals surface area contributed by atoms with Crippen molar-refractivity contribution in [2.45, 2.75) is 126 Å². The molecule has 0 spiro atoms. The molecule has 0 atom stereocenters. The van der Waals surface area contributed by atoms with Gasteiger partial charge in [0.05, 0.1) is 16.7 Å². The van der Waals surface area contributed by atoms with Crippen molar-refractivity contribution in [1.82, 2.24) is 24.3 Å². The number of hydrogen-bond donors (Lipinski definition) is 0. The summed E-state index contributed by atoms with van der Waals surface area (Å²) in [5.74, 6) is 3.47. The molecule has 7 heteroatoms. The number of benzene rings is 7. The summed E-state index contributed by atoms with van der Waals surface area (Å²) in [7, 11) is 0. The molecule has 11 aromatic rings. The van der Waals surface area contributed by atoms with Gasteiger partial charge in [0, 0.05) is 57.5 Å². The zero-order valence-corrected chi connectivity index (χ0v) is 49.3. The topological polar surface area (TPSA) is 61.6 Å². The lowest BCUT2D eigenvalue weighted by Crippen LogP contribution is -2.33. The van der Waals surface area contributed by atoms with Crippen LogP contribution in [0.25, 0.3) is 84.0 Å². The highest BCUT2D eigenvalue weighted by Gasteiger charge is 2.27. The van der Waals surface area contributed by atoms with Gasteiger partial charge >= 0.3 is 0 Å². The van der Waals surface area contributed by atoms with Gasteiger partial charge in [-0.15, -0.1) is 4.68 Å². The highest BCUT2D eigenvalue weighted by molar-refractivity contribution is 6.10. The van der Waals surface area contributed by atoms with E-state index in [1.807, 2.05) is 23.0 Å². The molecular weight excluding hydrogens is 977 g/mol. The molecule has 0 saturated heterocycles. The molecule has 4 aromatic heterocycles. The molecule has 0 fully saturated rings. The Labute approximate surface area is 473 Å². The average molecular weight is 1050 g/mol. The number of nitrogens with zero attached hydrogens (tertiary/aromatic N) is 6. The van der Waals surface area contributed by atoms with Crippen molar-refractivity contribution in [3.8, 4) is 73.7 Å². The Bertz CT molecular complexity index is 3970. The highest BCUT2D eigenvalue weighted by atomic mass is 16.5. The van der Waals surface area contributed by atoms with E-state index in [-0.39, 0.29) is 21.7 Å². The summed E-state index contributed by atoms with van der Waals surface area (Å²) in [5.41, 5.74) is 18.3. The maximum absolute atomic E-state index is 7.15. The van der Waals surface area contributed by atoms with Crippen molar-refractivity contribution in [2.24, 2.45) is 0 Å². The fraction of sp³-hybridized carbons (Fsp3) is 0.260. The van der Waals surface area contributed by atoms with E-state index >= 15 is 0 Å². The second-order valence-corrected chi connectivity index (χ2v) is 26.0. The predicted octanol–water partition coefficient (Wildman–Crippen LogP) is 18.4. The number of aryl methyl sites for hydroxylation is 3. The minimum Gasteiger partial charge on any atom is -0.458 e. The molecular formula is C73H74N6O. The molecule has 0 amide bonds. The van der Waals surface area contributed by atoms with Crippen molar-refractivity contribution >= 4 is 21.8 Å². The van der Waals surface area contributed by atoms with Crippen molar-refractivity contribution in [3.05, 3.63) is 221 Å². The molecule has 0 aliphatic heterocycles. The Morgan fingerprint density at radius 3 is 1.62 bits per heavy atom. The van der Waals surface area contributed by atoms with E-state index in [1.165, 1.54) is 22.3 Å². The second kappa shape index (κ2) is 20.0. The Kier molecular flexibility index (Phi) is 13.4. The maximum atomic E-state index is 7.15. The monoisotopic (exact) mass is 1050 g/mol. The van der Waals surface area contributed by atoms with Crippen molar-refractivity contribution in [3.63, 3.8) is 0 Å². The number of hydrogen-bond acceptors (Lipinski definition) is 4. The summed E-state index contributed by atoms with van der Waals surface area (Å²) in [6.45, 7) is 33.8. The van der Waals surface area contributed by atoms with Crippen LogP contribution in [0.3, 0.4) is 0 Å². The Hall–Kier alpha value is -8.42. The number of ether oxygens (including phenoxy) is 1. The lowest BCUT2D eigenvalue weighted by Gasteiger charge is -2.27. The maximum Gasteiger partial charge on any atom is 0.232 e. The summed E-state index contributed by atoms with van der Waals surface area (Å²) >= 11 is 0. The normalized spacial score (nSPS) is 12.4. The first-order chi connectivity index (χ1) is 37.9. The van der Waals surface area contributed by atoms with Gasteiger partial charge in [-0.2, -0.15) is 0 Å². The molecule has 0 saturated carbocycles. The van der Waals surface area contributed by atoms with Crippen LogP contribution in [0.4, 0.5) is 0 Å². The number of aromatic nitrogens is 6. The molecule has 4 heterocycles. The van der Waals surface area contributed by atoms with E-state index in [1.54, 1.807) is 0 Å². The van der Waals surface area contributed by atoms with E-state index < -0.39 is 0 Å². The molecule has 402 valence electrons. The van der Waals surface area contributed by atoms with E-state index in [9.17, 15) is 0 Å². The zero-order chi connectivity index (χ0) is 56.6. The largest absolute Gasteiger partial charge is 0.458 e. The third-order valence-electron chi connectivity index (χ3n) is 15.7. The van der Waals surface area contributed by atoms with Gasteiger partial charge < -0.3 is 9.30 Å². The molecule has 0 unspecified atom stereocenters. The zero-order valence-electron chi connectivity index (χ0n) is 49.3. The van der Waals surface area contributed by atoms with E-state index in [0.29, 0.717) is 17.3 Å². The van der Waals surface area contributed by atoms with Gasteiger partial charge in [0.15, 0.2) is 5.82 Å². The predicted molar refractivity (Wildman–Crippen MR) is 331 cm³/mol. The van der Waals surface area contributed by atoms with Crippen LogP contribution < -0.4 is 9.30 Å². The Morgan fingerprint density at radius 1 is 0.450 bits per heavy atom. The number of pyridine rings is 2. The summed E-state index contributed by atoms with van der Waals surface area (Å²) in [6, 6.07) is 60.8. The van der Waals surface area contributed by atoms with Gasteiger partial charge in [0.2, 0.25) is 12.2 Å². The lowest BCUT2D eigenvalue weighted by atomic mass is 9.79. The molecule has 0 aliphatic rings. The molecule has 0 aliphatic carbocycles. The van der Waals surface area contributed by atoms with Gasteiger partial charge in [-0.3, -0.25) is 9.55 Å². The highest BCUT2D eigenvalue weighted by Crippen LogP contribution is 2.40. The molecule has 11 rings (SSSR count). The van der Waals surface area contributed by atoms with Crippen molar-refractivity contribution in [1.29, 1.82) is 0 Å². The summed E-state index contributed by atoms with van der Waals surface area (Å²) < 4.78 is 13.4. The van der Waals surface area contributed by atoms with Crippen LogP contribution >= 0.6 is 0 Å². The third kappa shape index (κ3) is 10.5. The standard InChI is InChI=1S/C73H74N6O/c1-46-23-22-24-47(2)68(46)63-41-59(80-58-30-31-60-61-36-51(49-25-18-16-19-26-49)29-32-64(61)79(65(60)42-58)66-33-48(3)62(44-74-66)50-27-20-17-21-28-50)43-67(75-63)78-45-77(57-39-55(72(10,11)12)38-56(40-57)73(13,14)15)69(76-78)52-34-53(70(4,5)6)37-54(35-52)71(7,8)9/h16-44H,1-15H3. The minimum absolute atomic E-state index is 0.114. The third-order valence-corrected chi connectivity index (χ3v) is 15.7. The van der Waals surface area contributed by atoms with Gasteiger partial charge in [-0.1, -0.05) is 204 Å². The molecule has 0 radical (unpaired) electrons. The van der Waals surface area contributed by atoms with Crippen LogP contribution in [0.15, 0.2) is 176 Å². The first kappa shape index (κ1) is 53.6. The smallest absolute Gasteiger partial charge is 0.232 e. The van der Waals surface area contributed by atoms with Crippen molar-refractivity contribution in [2.75, 3.05) is 0 Å². The lowest BCUT2D eigenvalue weighted by molar-refractivity contribution is -0.589. The van der Waals surface area contributed by atoms with E-state index in [2.05, 4.69) is 277 Å². The van der Waals surface area contributed by atoms with Crippen LogP contribution in [-0.4, -0.2) is 24.3 Å². The molecule has 0 N–H and O–H groups in total. The van der Waals surface area contributed by atoms with Gasteiger partial charge in [0.25, 0.3) is 0 Å². The summed E-state index contributed by atoms with van der Waals surface area (Å²) in [5, 5.41) is 7.78. The first-order valence-electron chi connectivity index (χ1n) is 28.1. The SMILES string of the molecule is Cc1cc(-n2c3ccc(-c4ccccc4)cc3c3ccc(Oc4cc(-c5c(C)cccc5C)nc(-n5[c-][n+](-c6cc(C(C)(C)C)cc(C(C)(C)C)c6)c(-c6cc(C(C)(C)C)cc(C(C)(C)C)c6)n5)c4)cc32)ncc1-c1ccccc1. The molecule has 0 bridgehead atoms. The molecule has 7 aromatic carbocycles. The van der Waals surface area contributed by atoms with Crippen LogP contribution in [0.2, 0.25) is 0 Å². The fourth-order valence-electron chi connectivity index (χ4n) is 10.8. The van der Waals surface area contributed by atoms with Crippen LogP contribution in [-0.2, 0) is 21.7 Å². The fourth-order valence-corrected chi connectivity index (χ4v) is 10.8. The van der Waals surface area contributed by atoms with Crippen LogP contribution in [0.1, 0.15) is 122 Å². The van der Waals surface area contributed by atoms with E-state index in [4.69, 9.17) is 19.8 Å². The number of rotatable bonds is 9. The van der Waals surface area contributed by atoms with Gasteiger partial charge in [-0.25, -0.2) is 4.98 Å². The second-order valence-electron chi connectivity index (χ2n) is 26.0. The first-order valence-corrected chi connectivity index (χ1v) is 28.1. The summed E-state index contributed by atoms with van der Waals surface area (Å²) in [6.07, 6.45) is 5.78. The molecule has 7 nitrogen and oxygen atoms in total. The van der Waals surface area contributed by atoms with Gasteiger partial charge in [-0.05, 0) is 133 Å². The summed E-state index contributed by atoms with van der Waals surface area (Å²) in [4.78, 5) is 10.7.